The molecule has 0 radical (unpaired) electrons. The number of anilines is 1. The molecule has 4 nitrogen and oxygen atoms in total. The predicted molar refractivity (Wildman–Crippen MR) is 46.5 cm³/mol. The van der Waals surface area contributed by atoms with Gasteiger partial charge in [-0.3, -0.25) is 4.98 Å². The molecule has 1 aliphatic rings. The number of fused-ring (bicyclic) bond motifs is 1. The van der Waals surface area contributed by atoms with E-state index < -0.39 is 0 Å². The number of aromatic nitrogens is 2. The summed E-state index contributed by atoms with van der Waals surface area (Å²) in [6.45, 7) is 1.93. The molecule has 0 bridgehead atoms. The van der Waals surface area contributed by atoms with Crippen LogP contribution in [0.25, 0.3) is 0 Å². The first-order chi connectivity index (χ1) is 5.75. The summed E-state index contributed by atoms with van der Waals surface area (Å²) in [5, 5.41) is 0. The van der Waals surface area contributed by atoms with Crippen LogP contribution in [0.1, 0.15) is 11.4 Å². The second-order valence-corrected chi connectivity index (χ2v) is 3.18. The molecule has 0 aromatic carbocycles. The lowest BCUT2D eigenvalue weighted by atomic mass is 10.1. The average molecular weight is 164 g/mol. The zero-order valence-corrected chi connectivity index (χ0v) is 7.12. The van der Waals surface area contributed by atoms with Crippen LogP contribution in [0.15, 0.2) is 6.20 Å². The number of nitrogens with two attached hydrogens (primary N) is 1. The molecule has 0 saturated heterocycles. The lowest BCUT2D eigenvalue weighted by Crippen LogP contribution is -2.28. The Bertz CT molecular complexity index is 297. The molecular formula is C8H12N4. The molecule has 0 saturated carbocycles. The standard InChI is InChI=1S/C8H12N4/c1-12-3-2-6-7(5-12)11-8(9)4-10-6/h4H,2-3,5H2,1H3,(H2,9,11). The number of hydrogen-bond donors (Lipinski definition) is 1. The Kier molecular flexibility index (Phi) is 1.69. The lowest BCUT2D eigenvalue weighted by Gasteiger charge is -2.22. The van der Waals surface area contributed by atoms with Crippen LogP contribution in [0.3, 0.4) is 0 Å². The van der Waals surface area contributed by atoms with Gasteiger partial charge in [0.05, 0.1) is 17.6 Å². The first-order valence-corrected chi connectivity index (χ1v) is 4.04. The fourth-order valence-corrected chi connectivity index (χ4v) is 1.43. The molecule has 1 aliphatic heterocycles. The molecule has 64 valence electrons. The van der Waals surface area contributed by atoms with E-state index in [0.29, 0.717) is 5.82 Å². The van der Waals surface area contributed by atoms with Crippen LogP contribution in [0, 0.1) is 0 Å². The van der Waals surface area contributed by atoms with Gasteiger partial charge in [0.25, 0.3) is 0 Å². The quantitative estimate of drug-likeness (QED) is 0.588. The van der Waals surface area contributed by atoms with Gasteiger partial charge in [0.2, 0.25) is 0 Å². The number of nitrogens with zero attached hydrogens (tertiary/aromatic N) is 3. The molecule has 1 aromatic rings. The molecular weight excluding hydrogens is 152 g/mol. The van der Waals surface area contributed by atoms with E-state index in [0.717, 1.165) is 30.9 Å². The Morgan fingerprint density at radius 3 is 3.17 bits per heavy atom. The molecule has 0 amide bonds. The van der Waals surface area contributed by atoms with E-state index in [1.165, 1.54) is 0 Å². The molecule has 4 heteroatoms. The highest BCUT2D eigenvalue weighted by atomic mass is 15.1. The normalized spacial score (nSPS) is 17.4. The summed E-state index contributed by atoms with van der Waals surface area (Å²) < 4.78 is 0. The van der Waals surface area contributed by atoms with Crippen LogP contribution in [0.4, 0.5) is 5.82 Å². The van der Waals surface area contributed by atoms with Crippen LogP contribution in [0.5, 0.6) is 0 Å². The van der Waals surface area contributed by atoms with Crippen LogP contribution in [0.2, 0.25) is 0 Å². The Balaban J connectivity index is 2.37. The van der Waals surface area contributed by atoms with Crippen LogP contribution < -0.4 is 5.73 Å². The molecule has 0 aliphatic carbocycles. The first-order valence-electron chi connectivity index (χ1n) is 4.04. The van der Waals surface area contributed by atoms with E-state index in [1.807, 2.05) is 0 Å². The summed E-state index contributed by atoms with van der Waals surface area (Å²) in [4.78, 5) is 10.7. The van der Waals surface area contributed by atoms with Crippen molar-refractivity contribution in [3.05, 3.63) is 17.6 Å². The van der Waals surface area contributed by atoms with Crippen molar-refractivity contribution in [3.63, 3.8) is 0 Å². The highest BCUT2D eigenvalue weighted by Gasteiger charge is 2.15. The molecule has 0 spiro atoms. The van der Waals surface area contributed by atoms with Crippen molar-refractivity contribution >= 4 is 5.82 Å². The van der Waals surface area contributed by atoms with Gasteiger partial charge < -0.3 is 10.6 Å². The van der Waals surface area contributed by atoms with Gasteiger partial charge in [0, 0.05) is 19.5 Å². The predicted octanol–water partition coefficient (Wildman–Crippen LogP) is 0.0467. The van der Waals surface area contributed by atoms with E-state index in [2.05, 4.69) is 21.9 Å². The second kappa shape index (κ2) is 2.71. The minimum Gasteiger partial charge on any atom is -0.382 e. The largest absolute Gasteiger partial charge is 0.382 e. The van der Waals surface area contributed by atoms with Crippen LogP contribution in [-0.2, 0) is 13.0 Å². The maximum atomic E-state index is 5.54. The number of hydrogen-bond acceptors (Lipinski definition) is 4. The van der Waals surface area contributed by atoms with E-state index in [-0.39, 0.29) is 0 Å². The summed E-state index contributed by atoms with van der Waals surface area (Å²) in [6.07, 6.45) is 2.61. The maximum Gasteiger partial charge on any atom is 0.142 e. The molecule has 1 aromatic heterocycles. The van der Waals surface area contributed by atoms with E-state index in [1.54, 1.807) is 6.20 Å². The lowest BCUT2D eigenvalue weighted by molar-refractivity contribution is 0.304. The van der Waals surface area contributed by atoms with Crippen molar-refractivity contribution in [1.82, 2.24) is 14.9 Å². The third-order valence-corrected chi connectivity index (χ3v) is 2.10. The number of likely N-dealkylation sites (N-methyl/N-ethyl adjacent to an activating group) is 1. The summed E-state index contributed by atoms with van der Waals surface area (Å²) >= 11 is 0. The SMILES string of the molecule is CN1CCc2ncc(N)nc2C1. The Hall–Kier alpha value is -1.16. The first kappa shape index (κ1) is 7.49. The fraction of sp³-hybridized carbons (Fsp3) is 0.500. The highest BCUT2D eigenvalue weighted by molar-refractivity contribution is 5.28. The van der Waals surface area contributed by atoms with Crippen LogP contribution >= 0.6 is 0 Å². The van der Waals surface area contributed by atoms with Crippen molar-refractivity contribution in [1.29, 1.82) is 0 Å². The Morgan fingerprint density at radius 2 is 2.33 bits per heavy atom. The second-order valence-electron chi connectivity index (χ2n) is 3.18. The van der Waals surface area contributed by atoms with Crippen molar-refractivity contribution in [3.8, 4) is 0 Å². The van der Waals surface area contributed by atoms with Gasteiger partial charge in [-0.25, -0.2) is 4.98 Å². The third kappa shape index (κ3) is 1.25. The van der Waals surface area contributed by atoms with Gasteiger partial charge in [-0.15, -0.1) is 0 Å². The van der Waals surface area contributed by atoms with Gasteiger partial charge in [0.15, 0.2) is 0 Å². The van der Waals surface area contributed by atoms with Crippen LogP contribution in [-0.4, -0.2) is 28.5 Å². The summed E-state index contributed by atoms with van der Waals surface area (Å²) in [5.41, 5.74) is 7.67. The molecule has 2 rings (SSSR count). The minimum absolute atomic E-state index is 0.518. The summed E-state index contributed by atoms with van der Waals surface area (Å²) in [5.74, 6) is 0.518. The van der Waals surface area contributed by atoms with Crippen molar-refractivity contribution < 1.29 is 0 Å². The van der Waals surface area contributed by atoms with Gasteiger partial charge in [-0.05, 0) is 7.05 Å². The Morgan fingerprint density at radius 1 is 1.50 bits per heavy atom. The molecule has 0 unspecified atom stereocenters. The molecule has 12 heavy (non-hydrogen) atoms. The van der Waals surface area contributed by atoms with Crippen molar-refractivity contribution in [2.75, 3.05) is 19.3 Å². The zero-order valence-electron chi connectivity index (χ0n) is 7.12. The number of nitrogen functional groups attached to an aromatic ring is 1. The van der Waals surface area contributed by atoms with Gasteiger partial charge in [-0.2, -0.15) is 0 Å². The fourth-order valence-electron chi connectivity index (χ4n) is 1.43. The van der Waals surface area contributed by atoms with Crippen molar-refractivity contribution in [2.24, 2.45) is 0 Å². The summed E-state index contributed by atoms with van der Waals surface area (Å²) in [7, 11) is 2.08. The maximum absolute atomic E-state index is 5.54. The van der Waals surface area contributed by atoms with Crippen molar-refractivity contribution in [2.45, 2.75) is 13.0 Å². The van der Waals surface area contributed by atoms with Gasteiger partial charge in [-0.1, -0.05) is 0 Å². The monoisotopic (exact) mass is 164 g/mol. The minimum atomic E-state index is 0.518. The Labute approximate surface area is 71.4 Å². The van der Waals surface area contributed by atoms with E-state index >= 15 is 0 Å². The summed E-state index contributed by atoms with van der Waals surface area (Å²) in [6, 6.07) is 0. The van der Waals surface area contributed by atoms with E-state index in [4.69, 9.17) is 5.73 Å². The smallest absolute Gasteiger partial charge is 0.142 e. The molecule has 2 N–H and O–H groups in total. The molecule has 2 heterocycles. The van der Waals surface area contributed by atoms with Gasteiger partial charge >= 0.3 is 0 Å². The zero-order chi connectivity index (χ0) is 8.55. The molecule has 0 atom stereocenters. The average Bonchev–Trinajstić information content (AvgIpc) is 2.03. The third-order valence-electron chi connectivity index (χ3n) is 2.10. The highest BCUT2D eigenvalue weighted by Crippen LogP contribution is 2.13. The number of rotatable bonds is 0. The topological polar surface area (TPSA) is 55.0 Å². The van der Waals surface area contributed by atoms with E-state index in [9.17, 15) is 0 Å². The van der Waals surface area contributed by atoms with Gasteiger partial charge in [0.1, 0.15) is 5.82 Å². The molecule has 0 fully saturated rings.